The van der Waals surface area contributed by atoms with E-state index in [0.717, 1.165) is 31.5 Å². The molecule has 2 N–H and O–H groups in total. The van der Waals surface area contributed by atoms with E-state index in [9.17, 15) is 13.2 Å². The molecule has 1 fully saturated rings. The van der Waals surface area contributed by atoms with Crippen molar-refractivity contribution in [3.8, 4) is 34.4 Å². The van der Waals surface area contributed by atoms with Gasteiger partial charge in [0.1, 0.15) is 11.6 Å². The summed E-state index contributed by atoms with van der Waals surface area (Å²) in [7, 11) is 0.164. The predicted octanol–water partition coefficient (Wildman–Crippen LogP) is 4.28. The number of sulfonamides is 1. The highest BCUT2D eigenvalue weighted by Gasteiger charge is 2.27. The largest absolute Gasteiger partial charge is 0.493 e. The topological polar surface area (TPSA) is 146 Å². The summed E-state index contributed by atoms with van der Waals surface area (Å²) < 4.78 is 53.3. The Labute approximate surface area is 237 Å². The van der Waals surface area contributed by atoms with Gasteiger partial charge in [-0.2, -0.15) is 0 Å². The maximum atomic E-state index is 13.6. The molecule has 218 valence electrons. The second-order valence-electron chi connectivity index (χ2n) is 9.68. The predicted molar refractivity (Wildman–Crippen MR) is 153 cm³/mol. The number of anilines is 1. The molecule has 1 aliphatic rings. The Balaban J connectivity index is 1.62. The van der Waals surface area contributed by atoms with Crippen molar-refractivity contribution in [2.45, 2.75) is 50.3 Å². The van der Waals surface area contributed by atoms with Gasteiger partial charge in [-0.05, 0) is 57.0 Å². The molecule has 1 aliphatic carbocycles. The molecule has 0 atom stereocenters. The lowest BCUT2D eigenvalue weighted by Crippen LogP contribution is -2.17. The highest BCUT2D eigenvalue weighted by Crippen LogP contribution is 2.43. The zero-order valence-corrected chi connectivity index (χ0v) is 24.4. The molecule has 12 nitrogen and oxygen atoms in total. The third-order valence-corrected chi connectivity index (χ3v) is 8.55. The Morgan fingerprint density at radius 1 is 1.02 bits per heavy atom. The van der Waals surface area contributed by atoms with Crippen LogP contribution in [-0.2, 0) is 10.0 Å². The highest BCUT2D eigenvalue weighted by atomic mass is 32.2. The van der Waals surface area contributed by atoms with Crippen LogP contribution in [0, 0.1) is 6.92 Å². The van der Waals surface area contributed by atoms with E-state index in [1.807, 2.05) is 6.92 Å². The molecular formula is C28H33N5O7S. The Kier molecular flexibility index (Phi) is 7.80. The number of ether oxygens (including phenoxy) is 4. The Morgan fingerprint density at radius 2 is 1.73 bits per heavy atom. The first-order chi connectivity index (χ1) is 19.7. The second kappa shape index (κ2) is 11.3. The zero-order valence-electron chi connectivity index (χ0n) is 23.6. The molecule has 2 aromatic carbocycles. The van der Waals surface area contributed by atoms with Crippen LogP contribution in [-0.4, -0.2) is 55.9 Å². The Morgan fingerprint density at radius 3 is 2.39 bits per heavy atom. The number of benzene rings is 2. The van der Waals surface area contributed by atoms with Gasteiger partial charge in [-0.25, -0.2) is 17.9 Å². The van der Waals surface area contributed by atoms with Gasteiger partial charge in [-0.3, -0.25) is 9.52 Å². The molecule has 0 radical (unpaired) electrons. The van der Waals surface area contributed by atoms with Crippen molar-refractivity contribution in [1.82, 2.24) is 19.6 Å². The fraction of sp³-hybridized carbons (Fsp3) is 0.393. The lowest BCUT2D eigenvalue weighted by atomic mass is 10.1. The number of hydrogen-bond acceptors (Lipinski definition) is 9. The van der Waals surface area contributed by atoms with E-state index in [1.54, 1.807) is 23.6 Å². The number of aromatic nitrogens is 4. The molecule has 2 heterocycles. The molecule has 0 aliphatic heterocycles. The summed E-state index contributed by atoms with van der Waals surface area (Å²) in [5, 5.41) is 4.74. The molecule has 5 rings (SSSR count). The van der Waals surface area contributed by atoms with Crippen molar-refractivity contribution in [1.29, 1.82) is 0 Å². The number of imidazole rings is 1. The van der Waals surface area contributed by atoms with Gasteiger partial charge in [0.15, 0.2) is 22.8 Å². The number of H-pyrrole nitrogens is 1. The van der Waals surface area contributed by atoms with E-state index in [2.05, 4.69) is 14.7 Å². The minimum atomic E-state index is -4.14. The number of aromatic amines is 1. The van der Waals surface area contributed by atoms with Gasteiger partial charge in [0, 0.05) is 5.92 Å². The molecule has 0 spiro atoms. The fourth-order valence-electron chi connectivity index (χ4n) is 5.29. The first kappa shape index (κ1) is 28.3. The molecule has 0 amide bonds. The number of hydrogen-bond donors (Lipinski definition) is 2. The molecule has 1 saturated carbocycles. The van der Waals surface area contributed by atoms with Crippen LogP contribution in [0.1, 0.15) is 50.0 Å². The van der Waals surface area contributed by atoms with Crippen LogP contribution in [0.2, 0.25) is 0 Å². The van der Waals surface area contributed by atoms with Crippen LogP contribution >= 0.6 is 0 Å². The molecular weight excluding hydrogens is 550 g/mol. The van der Waals surface area contributed by atoms with Gasteiger partial charge in [0.2, 0.25) is 5.75 Å². The van der Waals surface area contributed by atoms with Crippen LogP contribution in [0.25, 0.3) is 16.9 Å². The number of nitrogens with one attached hydrogen (secondary N) is 2. The molecule has 41 heavy (non-hydrogen) atoms. The van der Waals surface area contributed by atoms with Gasteiger partial charge in [0.25, 0.3) is 15.6 Å². The van der Waals surface area contributed by atoms with Crippen LogP contribution in [0.15, 0.2) is 40.0 Å². The summed E-state index contributed by atoms with van der Waals surface area (Å²) in [5.74, 6) is 2.27. The highest BCUT2D eigenvalue weighted by molar-refractivity contribution is 7.92. The summed E-state index contributed by atoms with van der Waals surface area (Å²) in [6, 6.07) is 7.48. The van der Waals surface area contributed by atoms with Crippen LogP contribution in [0.3, 0.4) is 0 Å². The van der Waals surface area contributed by atoms with Crippen LogP contribution < -0.4 is 29.2 Å². The number of aryl methyl sites for hydroxylation is 1. The normalized spacial score (nSPS) is 13.9. The van der Waals surface area contributed by atoms with E-state index >= 15 is 0 Å². The van der Waals surface area contributed by atoms with E-state index in [-0.39, 0.29) is 39.4 Å². The molecule has 0 saturated heterocycles. The lowest BCUT2D eigenvalue weighted by Gasteiger charge is -2.17. The first-order valence-electron chi connectivity index (χ1n) is 13.3. The van der Waals surface area contributed by atoms with Crippen molar-refractivity contribution in [3.63, 3.8) is 0 Å². The second-order valence-corrected chi connectivity index (χ2v) is 11.4. The smallest absolute Gasteiger partial charge is 0.277 e. The summed E-state index contributed by atoms with van der Waals surface area (Å²) in [4.78, 5) is 20.7. The number of fused-ring (bicyclic) bond motifs is 1. The Hall–Kier alpha value is -4.26. The SMILES string of the molecule is CCOc1ccc(S(=O)(=O)Nc2ccc(OC)c(OC)c2OC)cc1-c1nn2c(C3CCCC3)nc(C)c2c(=O)[nH]1. The van der Waals surface area contributed by atoms with E-state index in [0.29, 0.717) is 34.9 Å². The van der Waals surface area contributed by atoms with Crippen molar-refractivity contribution < 1.29 is 27.4 Å². The average Bonchev–Trinajstić information content (AvgIpc) is 3.61. The van der Waals surface area contributed by atoms with Gasteiger partial charge in [0.05, 0.1) is 49.8 Å². The fourth-order valence-corrected chi connectivity index (χ4v) is 6.38. The van der Waals surface area contributed by atoms with E-state index in [1.165, 1.54) is 39.5 Å². The minimum absolute atomic E-state index is 0.0756. The summed E-state index contributed by atoms with van der Waals surface area (Å²) in [5.41, 5.74) is 1.08. The molecule has 2 aromatic heterocycles. The van der Waals surface area contributed by atoms with Crippen molar-refractivity contribution >= 4 is 21.2 Å². The van der Waals surface area contributed by atoms with Gasteiger partial charge < -0.3 is 23.9 Å². The summed E-state index contributed by atoms with van der Waals surface area (Å²) in [6.45, 7) is 3.93. The average molecular weight is 584 g/mol. The van der Waals surface area contributed by atoms with Crippen LogP contribution in [0.4, 0.5) is 5.69 Å². The van der Waals surface area contributed by atoms with E-state index < -0.39 is 10.0 Å². The first-order valence-corrected chi connectivity index (χ1v) is 14.8. The van der Waals surface area contributed by atoms with Crippen molar-refractivity contribution in [2.24, 2.45) is 0 Å². The van der Waals surface area contributed by atoms with Crippen molar-refractivity contribution in [3.05, 3.63) is 52.2 Å². The summed E-state index contributed by atoms with van der Waals surface area (Å²) >= 11 is 0. The number of rotatable bonds is 10. The molecule has 13 heteroatoms. The van der Waals surface area contributed by atoms with Crippen LogP contribution in [0.5, 0.6) is 23.0 Å². The quantitative estimate of drug-likeness (QED) is 0.279. The van der Waals surface area contributed by atoms with Gasteiger partial charge in [-0.15, -0.1) is 5.10 Å². The van der Waals surface area contributed by atoms with Gasteiger partial charge in [-0.1, -0.05) is 12.8 Å². The third-order valence-electron chi connectivity index (χ3n) is 7.19. The summed E-state index contributed by atoms with van der Waals surface area (Å²) in [6.07, 6.45) is 4.15. The zero-order chi connectivity index (χ0) is 29.3. The monoisotopic (exact) mass is 583 g/mol. The maximum Gasteiger partial charge on any atom is 0.277 e. The van der Waals surface area contributed by atoms with E-state index in [4.69, 9.17) is 24.0 Å². The maximum absolute atomic E-state index is 13.6. The minimum Gasteiger partial charge on any atom is -0.493 e. The molecule has 0 bridgehead atoms. The lowest BCUT2D eigenvalue weighted by molar-refractivity contribution is 0.325. The number of methoxy groups -OCH3 is 3. The molecule has 4 aromatic rings. The molecule has 0 unspecified atom stereocenters. The number of nitrogens with zero attached hydrogens (tertiary/aromatic N) is 3. The Bertz CT molecular complexity index is 1760. The van der Waals surface area contributed by atoms with Gasteiger partial charge >= 0.3 is 0 Å². The van der Waals surface area contributed by atoms with Crippen molar-refractivity contribution in [2.75, 3.05) is 32.7 Å². The third kappa shape index (κ3) is 5.17. The standard InChI is InChI=1S/C28H33N5O7S/c1-6-40-21-13-11-18(41(35,36)32-20-12-14-22(37-3)25(39-5)24(20)38-4)15-19(21)26-30-28(34)23-16(2)29-27(33(23)31-26)17-9-7-8-10-17/h11-15,17,32H,6-10H2,1-5H3,(H,30,31,34).